The molecule has 0 unspecified atom stereocenters. The summed E-state index contributed by atoms with van der Waals surface area (Å²) in [6.07, 6.45) is 12.4. The van der Waals surface area contributed by atoms with Crippen molar-refractivity contribution in [3.05, 3.63) is 0 Å². The Labute approximate surface area is 148 Å². The van der Waals surface area contributed by atoms with E-state index in [-0.39, 0.29) is 18.0 Å². The molecule has 0 aromatic carbocycles. The lowest BCUT2D eigenvalue weighted by molar-refractivity contribution is -0.150. The molecule has 0 aromatic heterocycles. The highest BCUT2D eigenvalue weighted by atomic mass is 16.5. The van der Waals surface area contributed by atoms with Crippen LogP contribution in [0.3, 0.4) is 0 Å². The Kier molecular flexibility index (Phi) is 16.0. The first-order valence-electron chi connectivity index (χ1n) is 9.99. The molecule has 0 radical (unpaired) electrons. The zero-order valence-electron chi connectivity index (χ0n) is 16.1. The lowest BCUT2D eigenvalue weighted by Gasteiger charge is -2.13. The van der Waals surface area contributed by atoms with Crippen LogP contribution in [0.15, 0.2) is 0 Å². The van der Waals surface area contributed by atoms with E-state index in [9.17, 15) is 9.59 Å². The summed E-state index contributed by atoms with van der Waals surface area (Å²) in [5.41, 5.74) is 0. The minimum atomic E-state index is -0.153. The fourth-order valence-electron chi connectivity index (χ4n) is 2.56. The molecule has 0 aliphatic carbocycles. The number of unbranched alkanes of at least 4 members (excludes halogenated alkanes) is 7. The molecule has 0 aliphatic heterocycles. The van der Waals surface area contributed by atoms with Gasteiger partial charge >= 0.3 is 11.9 Å². The molecule has 0 N–H and O–H groups in total. The van der Waals surface area contributed by atoms with Crippen molar-refractivity contribution >= 4 is 11.9 Å². The number of hydrogen-bond acceptors (Lipinski definition) is 4. The van der Waals surface area contributed by atoms with Crippen LogP contribution in [0.4, 0.5) is 0 Å². The number of carbonyl (C=O) groups excluding carboxylic acids is 2. The third-order valence-corrected chi connectivity index (χ3v) is 4.23. The van der Waals surface area contributed by atoms with Crippen LogP contribution >= 0.6 is 0 Å². The van der Waals surface area contributed by atoms with E-state index in [1.165, 1.54) is 32.1 Å². The predicted octanol–water partition coefficient (Wildman–Crippen LogP) is 5.57. The third kappa shape index (κ3) is 14.5. The summed E-state index contributed by atoms with van der Waals surface area (Å²) in [7, 11) is 0. The third-order valence-electron chi connectivity index (χ3n) is 4.23. The Morgan fingerprint density at radius 2 is 1.25 bits per heavy atom. The summed E-state index contributed by atoms with van der Waals surface area (Å²) in [5, 5.41) is 0. The van der Waals surface area contributed by atoms with E-state index < -0.39 is 0 Å². The van der Waals surface area contributed by atoms with Crippen LogP contribution < -0.4 is 0 Å². The lowest BCUT2D eigenvalue weighted by atomic mass is 10.1. The first-order chi connectivity index (χ1) is 11.6. The molecule has 0 saturated heterocycles. The Balaban J connectivity index is 3.42. The van der Waals surface area contributed by atoms with E-state index in [0.717, 1.165) is 25.7 Å². The molecular formula is C20H38O4. The number of rotatable bonds is 16. The SMILES string of the molecule is CCCCCCCCCOC(=O)CCCCC(=O)OC(CC)CC. The number of ether oxygens (including phenoxy) is 2. The molecule has 0 spiro atoms. The molecule has 0 bridgehead atoms. The first kappa shape index (κ1) is 22.9. The van der Waals surface area contributed by atoms with Gasteiger partial charge in [-0.2, -0.15) is 0 Å². The van der Waals surface area contributed by atoms with Crippen molar-refractivity contribution in [3.8, 4) is 0 Å². The minimum absolute atomic E-state index is 0.0319. The lowest BCUT2D eigenvalue weighted by Crippen LogP contribution is -2.16. The fourth-order valence-corrected chi connectivity index (χ4v) is 2.56. The van der Waals surface area contributed by atoms with Crippen molar-refractivity contribution in [2.75, 3.05) is 6.61 Å². The molecule has 0 saturated carbocycles. The standard InChI is InChI=1S/C20H38O4/c1-4-7-8-9-10-11-14-17-23-19(21)15-12-13-16-20(22)24-18(5-2)6-3/h18H,4-17H2,1-3H3. The van der Waals surface area contributed by atoms with E-state index in [2.05, 4.69) is 6.92 Å². The number of hydrogen-bond donors (Lipinski definition) is 0. The molecule has 0 rings (SSSR count). The summed E-state index contributed by atoms with van der Waals surface area (Å²) in [5.74, 6) is -0.297. The smallest absolute Gasteiger partial charge is 0.306 e. The maximum absolute atomic E-state index is 11.6. The van der Waals surface area contributed by atoms with E-state index in [4.69, 9.17) is 9.47 Å². The quantitative estimate of drug-likeness (QED) is 0.272. The topological polar surface area (TPSA) is 52.6 Å². The van der Waals surface area contributed by atoms with Gasteiger partial charge in [-0.25, -0.2) is 0 Å². The van der Waals surface area contributed by atoms with Gasteiger partial charge in [0.1, 0.15) is 6.10 Å². The molecule has 0 fully saturated rings. The van der Waals surface area contributed by atoms with Gasteiger partial charge in [0.2, 0.25) is 0 Å². The normalized spacial score (nSPS) is 10.8. The molecular weight excluding hydrogens is 304 g/mol. The molecule has 24 heavy (non-hydrogen) atoms. The summed E-state index contributed by atoms with van der Waals surface area (Å²) in [6.45, 7) is 6.78. The van der Waals surface area contributed by atoms with Gasteiger partial charge in [0.25, 0.3) is 0 Å². The molecule has 0 aromatic rings. The van der Waals surface area contributed by atoms with Gasteiger partial charge in [0, 0.05) is 12.8 Å². The average Bonchev–Trinajstić information content (AvgIpc) is 2.59. The largest absolute Gasteiger partial charge is 0.466 e. The van der Waals surface area contributed by atoms with Crippen LogP contribution in [0.25, 0.3) is 0 Å². The van der Waals surface area contributed by atoms with Gasteiger partial charge in [-0.05, 0) is 32.1 Å². The highest BCUT2D eigenvalue weighted by Crippen LogP contribution is 2.09. The molecule has 0 aliphatic rings. The predicted molar refractivity (Wildman–Crippen MR) is 97.9 cm³/mol. The van der Waals surface area contributed by atoms with Crippen LogP contribution in [-0.4, -0.2) is 24.6 Å². The summed E-state index contributed by atoms with van der Waals surface area (Å²) in [6, 6.07) is 0. The molecule has 4 nitrogen and oxygen atoms in total. The van der Waals surface area contributed by atoms with E-state index >= 15 is 0 Å². The van der Waals surface area contributed by atoms with Crippen molar-refractivity contribution < 1.29 is 19.1 Å². The van der Waals surface area contributed by atoms with E-state index in [1.807, 2.05) is 13.8 Å². The Hall–Kier alpha value is -1.06. The summed E-state index contributed by atoms with van der Waals surface area (Å²) >= 11 is 0. The maximum Gasteiger partial charge on any atom is 0.306 e. The molecule has 0 atom stereocenters. The van der Waals surface area contributed by atoms with Crippen LogP contribution in [0.2, 0.25) is 0 Å². The summed E-state index contributed by atoms with van der Waals surface area (Å²) < 4.78 is 10.5. The van der Waals surface area contributed by atoms with Crippen LogP contribution in [0, 0.1) is 0 Å². The number of esters is 2. The monoisotopic (exact) mass is 342 g/mol. The van der Waals surface area contributed by atoms with Gasteiger partial charge in [0.05, 0.1) is 6.61 Å². The molecule has 0 amide bonds. The van der Waals surface area contributed by atoms with Crippen molar-refractivity contribution in [2.24, 2.45) is 0 Å². The van der Waals surface area contributed by atoms with Gasteiger partial charge in [-0.1, -0.05) is 59.3 Å². The highest BCUT2D eigenvalue weighted by molar-refractivity contribution is 5.70. The second kappa shape index (κ2) is 16.8. The van der Waals surface area contributed by atoms with Crippen molar-refractivity contribution in [1.82, 2.24) is 0 Å². The van der Waals surface area contributed by atoms with E-state index in [0.29, 0.717) is 32.3 Å². The Morgan fingerprint density at radius 3 is 1.83 bits per heavy atom. The van der Waals surface area contributed by atoms with Crippen LogP contribution in [0.1, 0.15) is 104 Å². The maximum atomic E-state index is 11.6. The minimum Gasteiger partial charge on any atom is -0.466 e. The van der Waals surface area contributed by atoms with Crippen LogP contribution in [-0.2, 0) is 19.1 Å². The van der Waals surface area contributed by atoms with Crippen LogP contribution in [0.5, 0.6) is 0 Å². The van der Waals surface area contributed by atoms with E-state index in [1.54, 1.807) is 0 Å². The van der Waals surface area contributed by atoms with Gasteiger partial charge in [-0.3, -0.25) is 9.59 Å². The molecule has 142 valence electrons. The zero-order chi connectivity index (χ0) is 18.0. The van der Waals surface area contributed by atoms with Crippen molar-refractivity contribution in [1.29, 1.82) is 0 Å². The fraction of sp³-hybridized carbons (Fsp3) is 0.900. The summed E-state index contributed by atoms with van der Waals surface area (Å²) in [4.78, 5) is 23.2. The van der Waals surface area contributed by atoms with Crippen molar-refractivity contribution in [2.45, 2.75) is 110 Å². The zero-order valence-corrected chi connectivity index (χ0v) is 16.1. The Morgan fingerprint density at radius 1 is 0.708 bits per heavy atom. The van der Waals surface area contributed by atoms with Crippen molar-refractivity contribution in [3.63, 3.8) is 0 Å². The van der Waals surface area contributed by atoms with Gasteiger partial charge in [-0.15, -0.1) is 0 Å². The Bertz CT molecular complexity index is 311. The highest BCUT2D eigenvalue weighted by Gasteiger charge is 2.10. The van der Waals surface area contributed by atoms with Gasteiger partial charge < -0.3 is 9.47 Å². The molecule has 0 heterocycles. The first-order valence-corrected chi connectivity index (χ1v) is 9.99. The molecule has 4 heteroatoms. The average molecular weight is 343 g/mol. The number of carbonyl (C=O) groups is 2. The second-order valence-corrected chi connectivity index (χ2v) is 6.48. The van der Waals surface area contributed by atoms with Gasteiger partial charge in [0.15, 0.2) is 0 Å². The second-order valence-electron chi connectivity index (χ2n) is 6.48.